The second kappa shape index (κ2) is 7.97. The number of ether oxygens (including phenoxy) is 1. The van der Waals surface area contributed by atoms with Crippen molar-refractivity contribution in [1.82, 2.24) is 9.99 Å². The number of carbonyl (C=O) groups is 1. The maximum Gasteiger partial charge on any atom is 0.275 e. The molecule has 7 heteroatoms. The molecule has 0 aliphatic rings. The molecule has 0 unspecified atom stereocenters. The monoisotopic (exact) mass is 415 g/mol. The van der Waals surface area contributed by atoms with Crippen LogP contribution in [0.2, 0.25) is 0 Å². The van der Waals surface area contributed by atoms with Gasteiger partial charge in [-0.3, -0.25) is 4.79 Å². The van der Waals surface area contributed by atoms with Gasteiger partial charge >= 0.3 is 0 Å². The molecule has 1 N–H and O–H groups in total. The average molecular weight is 416 g/mol. The van der Waals surface area contributed by atoms with Crippen molar-refractivity contribution in [2.45, 2.75) is 0 Å². The van der Waals surface area contributed by atoms with E-state index in [2.05, 4.69) is 26.5 Å². The fraction of sp³-hybridized carbons (Fsp3) is 0.0526. The van der Waals surface area contributed by atoms with E-state index in [-0.39, 0.29) is 11.7 Å². The van der Waals surface area contributed by atoms with Crippen LogP contribution in [0.1, 0.15) is 16.1 Å². The van der Waals surface area contributed by atoms with Crippen LogP contribution in [0, 0.1) is 5.82 Å². The highest BCUT2D eigenvalue weighted by molar-refractivity contribution is 9.10. The molecule has 1 amide bonds. The average Bonchev–Trinajstić information content (AvgIpc) is 3.10. The van der Waals surface area contributed by atoms with E-state index in [1.54, 1.807) is 30.3 Å². The summed E-state index contributed by atoms with van der Waals surface area (Å²) in [7, 11) is 1.50. The minimum absolute atomic E-state index is 0.300. The first-order chi connectivity index (χ1) is 12.6. The van der Waals surface area contributed by atoms with Gasteiger partial charge in [0.1, 0.15) is 11.6 Å². The molecule has 3 aromatic rings. The normalized spacial score (nSPS) is 10.9. The van der Waals surface area contributed by atoms with E-state index in [0.717, 1.165) is 15.9 Å². The number of methoxy groups -OCH3 is 1. The second-order valence-electron chi connectivity index (χ2n) is 5.32. The highest BCUT2D eigenvalue weighted by Gasteiger charge is 2.12. The molecule has 0 atom stereocenters. The van der Waals surface area contributed by atoms with E-state index in [9.17, 15) is 9.18 Å². The highest BCUT2D eigenvalue weighted by Crippen LogP contribution is 2.22. The van der Waals surface area contributed by atoms with Gasteiger partial charge < -0.3 is 9.30 Å². The summed E-state index contributed by atoms with van der Waals surface area (Å²) < 4.78 is 20.9. The first-order valence-corrected chi connectivity index (χ1v) is 8.48. The first-order valence-electron chi connectivity index (χ1n) is 7.69. The van der Waals surface area contributed by atoms with Crippen LogP contribution < -0.4 is 10.2 Å². The molecule has 0 aliphatic heterocycles. The summed E-state index contributed by atoms with van der Waals surface area (Å²) >= 11 is 3.33. The molecule has 0 saturated carbocycles. The van der Waals surface area contributed by atoms with Crippen LogP contribution in [-0.4, -0.2) is 23.8 Å². The molecular formula is C19H15BrFN3O2. The van der Waals surface area contributed by atoms with E-state index >= 15 is 0 Å². The smallest absolute Gasteiger partial charge is 0.275 e. The van der Waals surface area contributed by atoms with Gasteiger partial charge in [-0.15, -0.1) is 0 Å². The molecule has 3 rings (SSSR count). The SMILES string of the molecule is COc1ccc(Br)cc1C(=O)N/N=C/c1cccn1-c1ccc(F)cc1. The van der Waals surface area contributed by atoms with Crippen LogP contribution >= 0.6 is 15.9 Å². The predicted octanol–water partition coefficient (Wildman–Crippen LogP) is 4.15. The van der Waals surface area contributed by atoms with Crippen LogP contribution in [0.4, 0.5) is 4.39 Å². The Morgan fingerprint density at radius 2 is 2.00 bits per heavy atom. The fourth-order valence-electron chi connectivity index (χ4n) is 2.41. The Morgan fingerprint density at radius 3 is 2.73 bits per heavy atom. The third-order valence-corrected chi connectivity index (χ3v) is 4.15. The number of carbonyl (C=O) groups excluding carboxylic acids is 1. The summed E-state index contributed by atoms with van der Waals surface area (Å²) in [6, 6.07) is 14.9. The number of aromatic nitrogens is 1. The van der Waals surface area contributed by atoms with Gasteiger partial charge in [-0.2, -0.15) is 5.10 Å². The molecule has 1 heterocycles. The zero-order valence-corrected chi connectivity index (χ0v) is 15.4. The maximum atomic E-state index is 13.1. The third kappa shape index (κ3) is 4.00. The molecule has 0 spiro atoms. The first kappa shape index (κ1) is 17.9. The Kier molecular flexibility index (Phi) is 5.48. The number of amides is 1. The molecule has 1 aromatic heterocycles. The molecular weight excluding hydrogens is 401 g/mol. The van der Waals surface area contributed by atoms with Gasteiger partial charge in [-0.05, 0) is 54.6 Å². The third-order valence-electron chi connectivity index (χ3n) is 3.65. The van der Waals surface area contributed by atoms with E-state index in [4.69, 9.17) is 4.74 Å². The Hall–Kier alpha value is -2.93. The summed E-state index contributed by atoms with van der Waals surface area (Å²) in [6.07, 6.45) is 3.35. The summed E-state index contributed by atoms with van der Waals surface area (Å²) in [4.78, 5) is 12.3. The maximum absolute atomic E-state index is 13.1. The lowest BCUT2D eigenvalue weighted by Crippen LogP contribution is -2.18. The molecule has 26 heavy (non-hydrogen) atoms. The van der Waals surface area contributed by atoms with Crippen molar-refractivity contribution in [3.05, 3.63) is 82.3 Å². The Morgan fingerprint density at radius 1 is 1.23 bits per heavy atom. The van der Waals surface area contributed by atoms with Crippen LogP contribution in [0.15, 0.2) is 70.4 Å². The number of nitrogens with zero attached hydrogens (tertiary/aromatic N) is 2. The van der Waals surface area contributed by atoms with Crippen molar-refractivity contribution in [1.29, 1.82) is 0 Å². The Labute approximate surface area is 158 Å². The number of halogens is 2. The molecule has 5 nitrogen and oxygen atoms in total. The Bertz CT molecular complexity index is 952. The van der Waals surface area contributed by atoms with Crippen LogP contribution in [0.3, 0.4) is 0 Å². The second-order valence-corrected chi connectivity index (χ2v) is 6.24. The molecule has 0 fully saturated rings. The van der Waals surface area contributed by atoms with Gasteiger partial charge in [-0.1, -0.05) is 15.9 Å². The number of hydrogen-bond donors (Lipinski definition) is 1. The number of hydrazone groups is 1. The largest absolute Gasteiger partial charge is 0.496 e. The van der Waals surface area contributed by atoms with Gasteiger partial charge in [0.05, 0.1) is 24.6 Å². The summed E-state index contributed by atoms with van der Waals surface area (Å²) in [5.41, 5.74) is 4.38. The van der Waals surface area contributed by atoms with Crippen LogP contribution in [-0.2, 0) is 0 Å². The quantitative estimate of drug-likeness (QED) is 0.502. The lowest BCUT2D eigenvalue weighted by molar-refractivity contribution is 0.0952. The lowest BCUT2D eigenvalue weighted by Gasteiger charge is -2.08. The molecule has 0 saturated heterocycles. The molecule has 2 aromatic carbocycles. The van der Waals surface area contributed by atoms with E-state index in [1.807, 2.05) is 22.9 Å². The standard InChI is InChI=1S/C19H15BrFN3O2/c1-26-18-9-4-13(20)11-17(18)19(25)23-22-12-16-3-2-10-24(16)15-7-5-14(21)6-8-15/h2-12H,1H3,(H,23,25)/b22-12+. The van der Waals surface area contributed by atoms with E-state index < -0.39 is 0 Å². The zero-order valence-electron chi connectivity index (χ0n) is 13.8. The van der Waals surface area contributed by atoms with E-state index in [0.29, 0.717) is 11.3 Å². The van der Waals surface area contributed by atoms with Crippen molar-refractivity contribution in [2.75, 3.05) is 7.11 Å². The van der Waals surface area contributed by atoms with Gasteiger partial charge in [0.2, 0.25) is 0 Å². The van der Waals surface area contributed by atoms with Crippen molar-refractivity contribution in [2.24, 2.45) is 5.10 Å². The molecule has 132 valence electrons. The van der Waals surface area contributed by atoms with Crippen molar-refractivity contribution < 1.29 is 13.9 Å². The molecule has 0 bridgehead atoms. The van der Waals surface area contributed by atoms with Crippen molar-refractivity contribution >= 4 is 28.1 Å². The molecule has 0 aliphatic carbocycles. The fourth-order valence-corrected chi connectivity index (χ4v) is 2.77. The minimum Gasteiger partial charge on any atom is -0.496 e. The number of benzene rings is 2. The van der Waals surface area contributed by atoms with Crippen molar-refractivity contribution in [3.8, 4) is 11.4 Å². The van der Waals surface area contributed by atoms with E-state index in [1.165, 1.54) is 25.5 Å². The summed E-state index contributed by atoms with van der Waals surface area (Å²) in [5, 5.41) is 4.01. The number of nitrogens with one attached hydrogen (secondary N) is 1. The highest BCUT2D eigenvalue weighted by atomic mass is 79.9. The molecule has 0 radical (unpaired) electrons. The van der Waals surface area contributed by atoms with Crippen molar-refractivity contribution in [3.63, 3.8) is 0 Å². The minimum atomic E-state index is -0.390. The Balaban J connectivity index is 1.76. The lowest BCUT2D eigenvalue weighted by atomic mass is 10.2. The van der Waals surface area contributed by atoms with Gasteiger partial charge in [0, 0.05) is 16.4 Å². The summed E-state index contributed by atoms with van der Waals surface area (Å²) in [5.74, 6) is -0.235. The van der Waals surface area contributed by atoms with Crippen LogP contribution in [0.5, 0.6) is 5.75 Å². The topological polar surface area (TPSA) is 55.6 Å². The van der Waals surface area contributed by atoms with Gasteiger partial charge in [-0.25, -0.2) is 9.82 Å². The zero-order chi connectivity index (χ0) is 18.5. The predicted molar refractivity (Wildman–Crippen MR) is 101 cm³/mol. The number of hydrogen-bond acceptors (Lipinski definition) is 3. The van der Waals surface area contributed by atoms with Gasteiger partial charge in [0.15, 0.2) is 0 Å². The van der Waals surface area contributed by atoms with Gasteiger partial charge in [0.25, 0.3) is 5.91 Å². The van der Waals surface area contributed by atoms with Crippen LogP contribution in [0.25, 0.3) is 5.69 Å². The summed E-state index contributed by atoms with van der Waals surface area (Å²) in [6.45, 7) is 0. The number of rotatable bonds is 5.